The first-order valence-electron chi connectivity index (χ1n) is 5.37. The minimum Gasteiger partial charge on any atom is -0.359 e. The molecule has 3 nitrogen and oxygen atoms in total. The molecular formula is C12H14BrNO2. The zero-order chi connectivity index (χ0) is 11.5. The molecule has 1 fully saturated rings. The van der Waals surface area contributed by atoms with Crippen LogP contribution < -0.4 is 0 Å². The molecule has 0 N–H and O–H groups in total. The Bertz CT molecular complexity index is 394. The molecule has 1 atom stereocenters. The van der Waals surface area contributed by atoms with Gasteiger partial charge >= 0.3 is 0 Å². The lowest BCUT2D eigenvalue weighted by atomic mass is 10.2. The van der Waals surface area contributed by atoms with Crippen molar-refractivity contribution in [1.82, 2.24) is 4.90 Å². The second-order valence-electron chi connectivity index (χ2n) is 3.80. The quantitative estimate of drug-likeness (QED) is 0.793. The van der Waals surface area contributed by atoms with Crippen molar-refractivity contribution in [2.75, 3.05) is 13.2 Å². The summed E-state index contributed by atoms with van der Waals surface area (Å²) in [6.07, 6.45) is 0.772. The Morgan fingerprint density at radius 1 is 1.50 bits per heavy atom. The van der Waals surface area contributed by atoms with Gasteiger partial charge in [-0.25, -0.2) is 0 Å². The molecule has 16 heavy (non-hydrogen) atoms. The fourth-order valence-electron chi connectivity index (χ4n) is 1.82. The number of ether oxygens (including phenoxy) is 1. The van der Waals surface area contributed by atoms with Crippen molar-refractivity contribution in [3.8, 4) is 0 Å². The van der Waals surface area contributed by atoms with Gasteiger partial charge in [-0.3, -0.25) is 4.79 Å². The first kappa shape index (κ1) is 11.6. The van der Waals surface area contributed by atoms with Crippen LogP contribution in [-0.2, 0) is 4.74 Å². The predicted molar refractivity (Wildman–Crippen MR) is 65.2 cm³/mol. The maximum Gasteiger partial charge on any atom is 0.257 e. The summed E-state index contributed by atoms with van der Waals surface area (Å²) in [7, 11) is 0. The maximum absolute atomic E-state index is 12.2. The van der Waals surface area contributed by atoms with Crippen LogP contribution in [0, 0.1) is 0 Å². The van der Waals surface area contributed by atoms with E-state index in [1.807, 2.05) is 31.2 Å². The molecular weight excluding hydrogens is 270 g/mol. The van der Waals surface area contributed by atoms with Gasteiger partial charge in [0, 0.05) is 11.0 Å². The molecule has 1 saturated heterocycles. The maximum atomic E-state index is 12.2. The van der Waals surface area contributed by atoms with Crippen LogP contribution >= 0.6 is 15.9 Å². The normalized spacial score (nSPS) is 20.9. The number of rotatable bonds is 1. The van der Waals surface area contributed by atoms with E-state index < -0.39 is 0 Å². The monoisotopic (exact) mass is 283 g/mol. The summed E-state index contributed by atoms with van der Waals surface area (Å²) in [5, 5.41) is 0. The van der Waals surface area contributed by atoms with Gasteiger partial charge in [0.1, 0.15) is 6.23 Å². The fourth-order valence-corrected chi connectivity index (χ4v) is 2.27. The summed E-state index contributed by atoms with van der Waals surface area (Å²) < 4.78 is 6.29. The van der Waals surface area contributed by atoms with E-state index >= 15 is 0 Å². The van der Waals surface area contributed by atoms with Gasteiger partial charge in [-0.15, -0.1) is 0 Å². The Morgan fingerprint density at radius 2 is 2.25 bits per heavy atom. The Hall–Kier alpha value is -0.870. The minimum absolute atomic E-state index is 0.0275. The van der Waals surface area contributed by atoms with Crippen molar-refractivity contribution >= 4 is 21.8 Å². The van der Waals surface area contributed by atoms with Gasteiger partial charge in [0.2, 0.25) is 0 Å². The summed E-state index contributed by atoms with van der Waals surface area (Å²) >= 11 is 3.40. The fraction of sp³-hybridized carbons (Fsp3) is 0.417. The van der Waals surface area contributed by atoms with Crippen molar-refractivity contribution in [3.05, 3.63) is 34.3 Å². The first-order chi connectivity index (χ1) is 7.70. The SMILES string of the molecule is CC1OCCCN1C(=O)c1ccccc1Br. The summed E-state index contributed by atoms with van der Waals surface area (Å²) in [6.45, 7) is 3.41. The van der Waals surface area contributed by atoms with Crippen molar-refractivity contribution in [2.45, 2.75) is 19.6 Å². The first-order valence-corrected chi connectivity index (χ1v) is 6.16. The van der Waals surface area contributed by atoms with Crippen LogP contribution in [0.2, 0.25) is 0 Å². The van der Waals surface area contributed by atoms with Gasteiger partial charge in [-0.2, -0.15) is 0 Å². The zero-order valence-electron chi connectivity index (χ0n) is 9.15. The number of nitrogens with zero attached hydrogens (tertiary/aromatic N) is 1. The number of carbonyl (C=O) groups is 1. The van der Waals surface area contributed by atoms with Crippen LogP contribution in [0.5, 0.6) is 0 Å². The van der Waals surface area contributed by atoms with Crippen LogP contribution in [-0.4, -0.2) is 30.2 Å². The molecule has 1 unspecified atom stereocenters. The van der Waals surface area contributed by atoms with Crippen molar-refractivity contribution in [2.24, 2.45) is 0 Å². The number of benzene rings is 1. The topological polar surface area (TPSA) is 29.5 Å². The van der Waals surface area contributed by atoms with Gasteiger partial charge in [-0.1, -0.05) is 12.1 Å². The molecule has 0 saturated carbocycles. The van der Waals surface area contributed by atoms with Crippen molar-refractivity contribution < 1.29 is 9.53 Å². The van der Waals surface area contributed by atoms with E-state index in [9.17, 15) is 4.79 Å². The number of carbonyl (C=O) groups excluding carboxylic acids is 1. The molecule has 1 aromatic rings. The molecule has 1 aliphatic heterocycles. The number of hydrogen-bond acceptors (Lipinski definition) is 2. The van der Waals surface area contributed by atoms with Crippen molar-refractivity contribution in [3.63, 3.8) is 0 Å². The van der Waals surface area contributed by atoms with Crippen LogP contribution in [0.4, 0.5) is 0 Å². The highest BCUT2D eigenvalue weighted by atomic mass is 79.9. The van der Waals surface area contributed by atoms with E-state index in [4.69, 9.17) is 4.74 Å². The predicted octanol–water partition coefficient (Wildman–Crippen LogP) is 2.66. The molecule has 1 aliphatic rings. The highest BCUT2D eigenvalue weighted by Gasteiger charge is 2.25. The van der Waals surface area contributed by atoms with Gasteiger partial charge in [0.15, 0.2) is 0 Å². The van der Waals surface area contributed by atoms with E-state index in [0.29, 0.717) is 5.56 Å². The molecule has 2 rings (SSSR count). The summed E-state index contributed by atoms with van der Waals surface area (Å²) in [4.78, 5) is 14.0. The molecule has 1 amide bonds. The highest BCUT2D eigenvalue weighted by Crippen LogP contribution is 2.20. The number of halogens is 1. The van der Waals surface area contributed by atoms with Crippen molar-refractivity contribution in [1.29, 1.82) is 0 Å². The Kier molecular flexibility index (Phi) is 3.61. The molecule has 1 aromatic carbocycles. The molecule has 4 heteroatoms. The Morgan fingerprint density at radius 3 is 2.94 bits per heavy atom. The average molecular weight is 284 g/mol. The standard InChI is InChI=1S/C12H14BrNO2/c1-9-14(7-4-8-16-9)12(15)10-5-2-3-6-11(10)13/h2-3,5-6,9H,4,7-8H2,1H3. The van der Waals surface area contributed by atoms with Gasteiger partial charge < -0.3 is 9.64 Å². The summed E-state index contributed by atoms with van der Waals surface area (Å²) in [5.74, 6) is 0.0275. The smallest absolute Gasteiger partial charge is 0.257 e. The number of hydrogen-bond donors (Lipinski definition) is 0. The van der Waals surface area contributed by atoms with Crippen LogP contribution in [0.1, 0.15) is 23.7 Å². The van der Waals surface area contributed by atoms with E-state index in [1.165, 1.54) is 0 Å². The largest absolute Gasteiger partial charge is 0.359 e. The minimum atomic E-state index is -0.131. The zero-order valence-corrected chi connectivity index (χ0v) is 10.7. The van der Waals surface area contributed by atoms with Crippen LogP contribution in [0.15, 0.2) is 28.7 Å². The van der Waals surface area contributed by atoms with E-state index in [1.54, 1.807) is 4.90 Å². The van der Waals surface area contributed by atoms with Gasteiger partial charge in [-0.05, 0) is 41.4 Å². The molecule has 0 aliphatic carbocycles. The third-order valence-corrected chi connectivity index (χ3v) is 3.40. The Labute approximate surface area is 104 Å². The molecule has 86 valence electrons. The molecule has 0 radical (unpaired) electrons. The molecule has 1 heterocycles. The summed E-state index contributed by atoms with van der Waals surface area (Å²) in [6, 6.07) is 7.47. The lowest BCUT2D eigenvalue weighted by Gasteiger charge is -2.33. The van der Waals surface area contributed by atoms with Gasteiger partial charge in [0.05, 0.1) is 12.2 Å². The van der Waals surface area contributed by atoms with E-state index in [-0.39, 0.29) is 12.1 Å². The second-order valence-corrected chi connectivity index (χ2v) is 4.66. The highest BCUT2D eigenvalue weighted by molar-refractivity contribution is 9.10. The average Bonchev–Trinajstić information content (AvgIpc) is 2.29. The number of amides is 1. The van der Waals surface area contributed by atoms with Crippen LogP contribution in [0.3, 0.4) is 0 Å². The third-order valence-electron chi connectivity index (χ3n) is 2.71. The summed E-state index contributed by atoms with van der Waals surface area (Å²) in [5.41, 5.74) is 0.694. The van der Waals surface area contributed by atoms with E-state index in [2.05, 4.69) is 15.9 Å². The van der Waals surface area contributed by atoms with E-state index in [0.717, 1.165) is 24.0 Å². The lowest BCUT2D eigenvalue weighted by Crippen LogP contribution is -2.44. The third kappa shape index (κ3) is 2.28. The Balaban J connectivity index is 2.21. The lowest BCUT2D eigenvalue weighted by molar-refractivity contribution is -0.0661. The molecule has 0 aromatic heterocycles. The molecule has 0 bridgehead atoms. The molecule has 0 spiro atoms. The van der Waals surface area contributed by atoms with Crippen LogP contribution in [0.25, 0.3) is 0 Å². The second kappa shape index (κ2) is 4.97. The van der Waals surface area contributed by atoms with Gasteiger partial charge in [0.25, 0.3) is 5.91 Å².